The van der Waals surface area contributed by atoms with Crippen molar-refractivity contribution >= 4 is 17.5 Å². The van der Waals surface area contributed by atoms with E-state index < -0.39 is 0 Å². The average Bonchev–Trinajstić information content (AvgIpc) is 2.72. The molecule has 0 spiro atoms. The lowest BCUT2D eigenvalue weighted by Gasteiger charge is -2.36. The molecule has 134 valence electrons. The van der Waals surface area contributed by atoms with Crippen LogP contribution in [-0.4, -0.2) is 47.0 Å². The minimum atomic E-state index is 0.0403. The molecule has 1 N–H and O–H groups in total. The minimum Gasteiger partial charge on any atom is -0.353 e. The topological polar surface area (TPSA) is 98.0 Å². The number of piperazine rings is 1. The van der Waals surface area contributed by atoms with Crippen LogP contribution in [0.15, 0.2) is 30.6 Å². The lowest BCUT2D eigenvalue weighted by molar-refractivity contribution is -0.120. The lowest BCUT2D eigenvalue weighted by Crippen LogP contribution is -2.47. The highest BCUT2D eigenvalue weighted by Crippen LogP contribution is 2.18. The molecule has 0 radical (unpaired) electrons. The van der Waals surface area contributed by atoms with Gasteiger partial charge in [-0.05, 0) is 23.8 Å². The van der Waals surface area contributed by atoms with E-state index in [-0.39, 0.29) is 11.7 Å². The molecular weight excluding hydrogens is 330 g/mol. The molecule has 0 atom stereocenters. The van der Waals surface area contributed by atoms with Crippen LogP contribution in [-0.2, 0) is 11.3 Å². The SMILES string of the molecule is CCC(=O)NCc1ccnc(N2CCN(c3ccnc(C#N)n3)CC2)c1. The Morgan fingerprint density at radius 3 is 2.54 bits per heavy atom. The van der Waals surface area contributed by atoms with Gasteiger partial charge in [0.2, 0.25) is 11.7 Å². The van der Waals surface area contributed by atoms with E-state index in [0.29, 0.717) is 13.0 Å². The first kappa shape index (κ1) is 17.6. The van der Waals surface area contributed by atoms with E-state index in [1.54, 1.807) is 12.4 Å². The van der Waals surface area contributed by atoms with E-state index in [1.165, 1.54) is 0 Å². The monoisotopic (exact) mass is 351 g/mol. The number of nitrogens with zero attached hydrogens (tertiary/aromatic N) is 6. The molecule has 1 amide bonds. The van der Waals surface area contributed by atoms with Gasteiger partial charge in [-0.1, -0.05) is 6.92 Å². The van der Waals surface area contributed by atoms with Gasteiger partial charge < -0.3 is 15.1 Å². The number of carbonyl (C=O) groups excluding carboxylic acids is 1. The van der Waals surface area contributed by atoms with Crippen LogP contribution < -0.4 is 15.1 Å². The molecular formula is C18H21N7O. The van der Waals surface area contributed by atoms with Crippen molar-refractivity contribution in [1.29, 1.82) is 5.26 Å². The van der Waals surface area contributed by atoms with E-state index in [1.807, 2.05) is 31.2 Å². The Morgan fingerprint density at radius 1 is 1.15 bits per heavy atom. The number of hydrogen-bond acceptors (Lipinski definition) is 7. The first-order valence-corrected chi connectivity index (χ1v) is 8.64. The molecule has 2 aromatic heterocycles. The maximum Gasteiger partial charge on any atom is 0.234 e. The van der Waals surface area contributed by atoms with Gasteiger partial charge in [0.05, 0.1) is 0 Å². The third-order valence-electron chi connectivity index (χ3n) is 4.29. The van der Waals surface area contributed by atoms with E-state index in [9.17, 15) is 4.79 Å². The summed E-state index contributed by atoms with van der Waals surface area (Å²) in [5, 5.41) is 11.8. The van der Waals surface area contributed by atoms with E-state index in [0.717, 1.165) is 43.4 Å². The minimum absolute atomic E-state index is 0.0403. The van der Waals surface area contributed by atoms with E-state index in [4.69, 9.17) is 5.26 Å². The molecule has 8 nitrogen and oxygen atoms in total. The van der Waals surface area contributed by atoms with Crippen molar-refractivity contribution < 1.29 is 4.79 Å². The van der Waals surface area contributed by atoms with Crippen LogP contribution in [0.4, 0.5) is 11.6 Å². The van der Waals surface area contributed by atoms with Crippen molar-refractivity contribution in [2.75, 3.05) is 36.0 Å². The Bertz CT molecular complexity index is 809. The molecule has 1 fully saturated rings. The highest BCUT2D eigenvalue weighted by Gasteiger charge is 2.19. The van der Waals surface area contributed by atoms with Gasteiger partial charge in [-0.3, -0.25) is 4.79 Å². The van der Waals surface area contributed by atoms with Crippen LogP contribution >= 0.6 is 0 Å². The zero-order valence-electron chi connectivity index (χ0n) is 14.7. The number of nitriles is 1. The van der Waals surface area contributed by atoms with Crippen LogP contribution in [0.3, 0.4) is 0 Å². The Hall–Kier alpha value is -3.21. The number of aromatic nitrogens is 3. The van der Waals surface area contributed by atoms with Gasteiger partial charge in [-0.15, -0.1) is 0 Å². The van der Waals surface area contributed by atoms with Crippen molar-refractivity contribution in [2.24, 2.45) is 0 Å². The fourth-order valence-corrected chi connectivity index (χ4v) is 2.81. The van der Waals surface area contributed by atoms with Crippen molar-refractivity contribution in [3.63, 3.8) is 0 Å². The van der Waals surface area contributed by atoms with Crippen LogP contribution in [0.2, 0.25) is 0 Å². The quantitative estimate of drug-likeness (QED) is 0.861. The molecule has 0 bridgehead atoms. The number of carbonyl (C=O) groups is 1. The number of rotatable bonds is 5. The number of nitrogens with one attached hydrogen (secondary N) is 1. The summed E-state index contributed by atoms with van der Waals surface area (Å²) in [6.45, 7) is 5.55. The number of pyridine rings is 1. The second-order valence-corrected chi connectivity index (χ2v) is 5.98. The molecule has 1 aliphatic heterocycles. The number of amides is 1. The fraction of sp³-hybridized carbons (Fsp3) is 0.389. The third-order valence-corrected chi connectivity index (χ3v) is 4.29. The largest absolute Gasteiger partial charge is 0.353 e. The summed E-state index contributed by atoms with van der Waals surface area (Å²) >= 11 is 0. The first-order valence-electron chi connectivity index (χ1n) is 8.64. The molecule has 2 aromatic rings. The van der Waals surface area contributed by atoms with E-state index in [2.05, 4.69) is 30.1 Å². The molecule has 0 aliphatic carbocycles. The Balaban J connectivity index is 1.61. The Kier molecular flexibility index (Phi) is 5.59. The normalized spacial score (nSPS) is 14.0. The number of anilines is 2. The van der Waals surface area contributed by atoms with Crippen molar-refractivity contribution in [3.8, 4) is 6.07 Å². The maximum absolute atomic E-state index is 11.4. The smallest absolute Gasteiger partial charge is 0.234 e. The predicted octanol–water partition coefficient (Wildman–Crippen LogP) is 1.10. The molecule has 1 aliphatic rings. The summed E-state index contributed by atoms with van der Waals surface area (Å²) in [4.78, 5) is 28.4. The van der Waals surface area contributed by atoms with Crippen LogP contribution in [0, 0.1) is 11.3 Å². The van der Waals surface area contributed by atoms with Crippen molar-refractivity contribution in [2.45, 2.75) is 19.9 Å². The van der Waals surface area contributed by atoms with Gasteiger partial charge in [0, 0.05) is 51.5 Å². The second-order valence-electron chi connectivity index (χ2n) is 5.98. The first-order chi connectivity index (χ1) is 12.7. The van der Waals surface area contributed by atoms with Crippen LogP contribution in [0.5, 0.6) is 0 Å². The molecule has 0 unspecified atom stereocenters. The zero-order chi connectivity index (χ0) is 18.4. The zero-order valence-corrected chi connectivity index (χ0v) is 14.7. The number of hydrogen-bond donors (Lipinski definition) is 1. The molecule has 3 rings (SSSR count). The maximum atomic E-state index is 11.4. The van der Waals surface area contributed by atoms with Crippen LogP contribution in [0.25, 0.3) is 0 Å². The molecule has 8 heteroatoms. The summed E-state index contributed by atoms with van der Waals surface area (Å²) in [5.41, 5.74) is 1.04. The summed E-state index contributed by atoms with van der Waals surface area (Å²) < 4.78 is 0. The highest BCUT2D eigenvalue weighted by atomic mass is 16.1. The predicted molar refractivity (Wildman–Crippen MR) is 97.5 cm³/mol. The standard InChI is InChI=1S/C18H21N7O/c1-2-18(26)22-13-14-3-5-21-17(11-14)25-9-7-24(8-10-25)16-4-6-20-15(12-19)23-16/h3-6,11H,2,7-10,13H2,1H3,(H,22,26). The van der Waals surface area contributed by atoms with Gasteiger partial charge in [-0.2, -0.15) is 5.26 Å². The molecule has 0 saturated carbocycles. The third kappa shape index (κ3) is 4.25. The summed E-state index contributed by atoms with van der Waals surface area (Å²) in [5.74, 6) is 1.92. The molecule has 1 saturated heterocycles. The van der Waals surface area contributed by atoms with Gasteiger partial charge in [0.25, 0.3) is 0 Å². The van der Waals surface area contributed by atoms with Crippen LogP contribution in [0.1, 0.15) is 24.7 Å². The van der Waals surface area contributed by atoms with Crippen molar-refractivity contribution in [1.82, 2.24) is 20.3 Å². The summed E-state index contributed by atoms with van der Waals surface area (Å²) in [6.07, 6.45) is 3.87. The van der Waals surface area contributed by atoms with Gasteiger partial charge in [-0.25, -0.2) is 15.0 Å². The molecule has 0 aromatic carbocycles. The van der Waals surface area contributed by atoms with Gasteiger partial charge >= 0.3 is 0 Å². The fourth-order valence-electron chi connectivity index (χ4n) is 2.81. The van der Waals surface area contributed by atoms with Crippen molar-refractivity contribution in [3.05, 3.63) is 42.0 Å². The molecule has 3 heterocycles. The summed E-state index contributed by atoms with van der Waals surface area (Å²) in [6, 6.07) is 7.73. The second kappa shape index (κ2) is 8.25. The summed E-state index contributed by atoms with van der Waals surface area (Å²) in [7, 11) is 0. The lowest BCUT2D eigenvalue weighted by atomic mass is 10.2. The van der Waals surface area contributed by atoms with Gasteiger partial charge in [0.1, 0.15) is 17.7 Å². The highest BCUT2D eigenvalue weighted by molar-refractivity contribution is 5.75. The van der Waals surface area contributed by atoms with Gasteiger partial charge in [0.15, 0.2) is 0 Å². The Labute approximate surface area is 152 Å². The Morgan fingerprint density at radius 2 is 1.85 bits per heavy atom. The molecule has 26 heavy (non-hydrogen) atoms. The average molecular weight is 351 g/mol. The van der Waals surface area contributed by atoms with E-state index >= 15 is 0 Å².